The van der Waals surface area contributed by atoms with Crippen LogP contribution in [0.15, 0.2) is 77.1 Å². The van der Waals surface area contributed by atoms with E-state index < -0.39 is 0 Å². The zero-order valence-corrected chi connectivity index (χ0v) is 13.2. The Morgan fingerprint density at radius 2 is 1.80 bits per heavy atom. The monoisotopic (exact) mass is 270 g/mol. The average Bonchev–Trinajstić information content (AvgIpc) is 2.38. The van der Waals surface area contributed by atoms with Crippen LogP contribution in [-0.4, -0.2) is 5.71 Å². The largest absolute Gasteiger partial charge is 0.405 e. The molecule has 0 heterocycles. The molecule has 0 bridgehead atoms. The van der Waals surface area contributed by atoms with E-state index in [9.17, 15) is 0 Å². The molecule has 0 unspecified atom stereocenters. The highest BCUT2D eigenvalue weighted by atomic mass is 14.8. The second-order valence-corrected chi connectivity index (χ2v) is 4.59. The minimum atomic E-state index is 0.877. The van der Waals surface area contributed by atoms with E-state index in [1.54, 1.807) is 6.08 Å². The summed E-state index contributed by atoms with van der Waals surface area (Å²) in [5, 5.41) is 0. The van der Waals surface area contributed by atoms with Gasteiger partial charge in [0.05, 0.1) is 0 Å². The molecule has 0 spiro atoms. The summed E-state index contributed by atoms with van der Waals surface area (Å²) in [5.41, 5.74) is 11.3. The van der Waals surface area contributed by atoms with Crippen LogP contribution < -0.4 is 5.73 Å². The Labute approximate surface area is 123 Å². The molecule has 0 aliphatic heterocycles. The van der Waals surface area contributed by atoms with Crippen LogP contribution >= 0.6 is 0 Å². The smallest absolute Gasteiger partial charge is 0.0448 e. The van der Waals surface area contributed by atoms with Gasteiger partial charge in [-0.2, -0.15) is 0 Å². The Kier molecular flexibility index (Phi) is 7.98. The second kappa shape index (κ2) is 8.92. The number of hydrogen-bond donors (Lipinski definition) is 1. The van der Waals surface area contributed by atoms with E-state index in [-0.39, 0.29) is 0 Å². The summed E-state index contributed by atoms with van der Waals surface area (Å²) in [5.74, 6) is 0. The van der Waals surface area contributed by atoms with Crippen LogP contribution in [0.4, 0.5) is 0 Å². The van der Waals surface area contributed by atoms with Crippen LogP contribution in [0.5, 0.6) is 0 Å². The summed E-state index contributed by atoms with van der Waals surface area (Å²) in [7, 11) is 0. The number of nitrogens with zero attached hydrogens (tertiary/aromatic N) is 1. The first-order valence-corrected chi connectivity index (χ1v) is 6.70. The van der Waals surface area contributed by atoms with Gasteiger partial charge < -0.3 is 5.73 Å². The fraction of sp³-hybridized carbons (Fsp3) is 0.278. The molecule has 0 aromatic heterocycles. The third-order valence-electron chi connectivity index (χ3n) is 3.00. The van der Waals surface area contributed by atoms with Crippen molar-refractivity contribution in [1.82, 2.24) is 0 Å². The predicted molar refractivity (Wildman–Crippen MR) is 91.7 cm³/mol. The van der Waals surface area contributed by atoms with Crippen molar-refractivity contribution in [3.63, 3.8) is 0 Å². The maximum atomic E-state index is 5.45. The Balaban J connectivity index is 5.67. The Hall–Kier alpha value is -2.09. The highest BCUT2D eigenvalue weighted by Crippen LogP contribution is 2.23. The third kappa shape index (κ3) is 5.27. The van der Waals surface area contributed by atoms with Gasteiger partial charge in [-0.25, -0.2) is 0 Å². The van der Waals surface area contributed by atoms with Crippen molar-refractivity contribution in [2.24, 2.45) is 10.7 Å². The molecule has 0 radical (unpaired) electrons. The molecule has 2 nitrogen and oxygen atoms in total. The molecule has 0 rings (SSSR count). The minimum absolute atomic E-state index is 0.877. The fourth-order valence-electron chi connectivity index (χ4n) is 1.86. The summed E-state index contributed by atoms with van der Waals surface area (Å²) in [4.78, 5) is 4.66. The van der Waals surface area contributed by atoms with Crippen LogP contribution in [0.3, 0.4) is 0 Å². The minimum Gasteiger partial charge on any atom is -0.405 e. The first kappa shape index (κ1) is 17.9. The Bertz CT molecular complexity index is 512. The highest BCUT2D eigenvalue weighted by molar-refractivity contribution is 6.01. The van der Waals surface area contributed by atoms with E-state index in [0.29, 0.717) is 0 Å². The molecule has 0 saturated heterocycles. The first-order valence-electron chi connectivity index (χ1n) is 6.70. The molecule has 2 heteroatoms. The van der Waals surface area contributed by atoms with Crippen molar-refractivity contribution < 1.29 is 0 Å². The molecule has 0 aliphatic rings. The van der Waals surface area contributed by atoms with Crippen molar-refractivity contribution in [3.8, 4) is 0 Å². The molecule has 0 aromatic carbocycles. The number of aliphatic imine (C=N–C) groups is 1. The fourth-order valence-corrected chi connectivity index (χ4v) is 1.86. The van der Waals surface area contributed by atoms with Crippen LogP contribution in [0.25, 0.3) is 0 Å². The molecule has 20 heavy (non-hydrogen) atoms. The number of rotatable bonds is 7. The summed E-state index contributed by atoms with van der Waals surface area (Å²) >= 11 is 0. The number of nitrogens with two attached hydrogens (primary N) is 1. The molecule has 0 atom stereocenters. The quantitative estimate of drug-likeness (QED) is 0.521. The van der Waals surface area contributed by atoms with Gasteiger partial charge in [-0.3, -0.25) is 4.99 Å². The molecule has 0 saturated carbocycles. The lowest BCUT2D eigenvalue weighted by molar-refractivity contribution is 1.05. The van der Waals surface area contributed by atoms with Gasteiger partial charge in [0.1, 0.15) is 0 Å². The maximum Gasteiger partial charge on any atom is 0.0448 e. The van der Waals surface area contributed by atoms with Crippen LogP contribution in [0.1, 0.15) is 34.1 Å². The van der Waals surface area contributed by atoms with Gasteiger partial charge in [-0.05, 0) is 56.2 Å². The normalized spacial score (nSPS) is 14.2. The van der Waals surface area contributed by atoms with Crippen molar-refractivity contribution >= 4 is 5.71 Å². The topological polar surface area (TPSA) is 38.4 Å². The van der Waals surface area contributed by atoms with Crippen molar-refractivity contribution in [1.29, 1.82) is 0 Å². The molecule has 0 fully saturated rings. The summed E-state index contributed by atoms with van der Waals surface area (Å²) in [6, 6.07) is 0. The Morgan fingerprint density at radius 3 is 2.20 bits per heavy atom. The van der Waals surface area contributed by atoms with E-state index in [1.807, 2.05) is 32.9 Å². The van der Waals surface area contributed by atoms with Gasteiger partial charge in [-0.1, -0.05) is 44.4 Å². The molecular formula is C18H26N2. The van der Waals surface area contributed by atoms with E-state index in [4.69, 9.17) is 5.73 Å². The van der Waals surface area contributed by atoms with E-state index in [0.717, 1.165) is 40.1 Å². The molecule has 0 aromatic rings. The first-order chi connectivity index (χ1) is 9.38. The molecule has 0 amide bonds. The van der Waals surface area contributed by atoms with Crippen LogP contribution in [-0.2, 0) is 0 Å². The highest BCUT2D eigenvalue weighted by Gasteiger charge is 2.06. The lowest BCUT2D eigenvalue weighted by Crippen LogP contribution is -1.99. The second-order valence-electron chi connectivity index (χ2n) is 4.59. The number of allylic oxidation sites excluding steroid dienone is 8. The zero-order valence-electron chi connectivity index (χ0n) is 13.2. The van der Waals surface area contributed by atoms with Crippen molar-refractivity contribution in [2.45, 2.75) is 34.1 Å². The van der Waals surface area contributed by atoms with Gasteiger partial charge in [0.25, 0.3) is 0 Å². The lowest BCUT2D eigenvalue weighted by atomic mass is 9.98. The summed E-state index contributed by atoms with van der Waals surface area (Å²) in [6.45, 7) is 19.7. The lowest BCUT2D eigenvalue weighted by Gasteiger charge is -2.11. The molecule has 0 aliphatic carbocycles. The van der Waals surface area contributed by atoms with E-state index >= 15 is 0 Å². The zero-order chi connectivity index (χ0) is 15.7. The standard InChI is InChI=1S/C18H26N2/c1-8-10-17(11-12-19)15(6)20-16(7)18(9-2)14(5)13(3)4/h8,10-12H,1,3,5,9,19H2,2,4,6-7H3/b12-11-,17-10+,18-16-,20-15+. The van der Waals surface area contributed by atoms with Crippen molar-refractivity contribution in [3.05, 3.63) is 72.2 Å². The van der Waals surface area contributed by atoms with Crippen molar-refractivity contribution in [2.75, 3.05) is 0 Å². The SMILES string of the molecule is C=C/C=C(\C=C/N)C(/C)=N/C(C)=C(/CC)C(=C)C(=C)C. The van der Waals surface area contributed by atoms with Gasteiger partial charge >= 0.3 is 0 Å². The summed E-state index contributed by atoms with van der Waals surface area (Å²) < 4.78 is 0. The van der Waals surface area contributed by atoms with Gasteiger partial charge in [0.2, 0.25) is 0 Å². The molecular weight excluding hydrogens is 244 g/mol. The number of hydrogen-bond acceptors (Lipinski definition) is 2. The van der Waals surface area contributed by atoms with Crippen LogP contribution in [0, 0.1) is 0 Å². The maximum absolute atomic E-state index is 5.45. The van der Waals surface area contributed by atoms with Gasteiger partial charge in [0, 0.05) is 11.4 Å². The molecule has 2 N–H and O–H groups in total. The predicted octanol–water partition coefficient (Wildman–Crippen LogP) is 4.85. The summed E-state index contributed by atoms with van der Waals surface area (Å²) in [6.07, 6.45) is 7.80. The van der Waals surface area contributed by atoms with Crippen LogP contribution in [0.2, 0.25) is 0 Å². The van der Waals surface area contributed by atoms with E-state index in [1.165, 1.54) is 6.20 Å². The third-order valence-corrected chi connectivity index (χ3v) is 3.00. The van der Waals surface area contributed by atoms with Gasteiger partial charge in [0.15, 0.2) is 0 Å². The Morgan fingerprint density at radius 1 is 1.20 bits per heavy atom. The van der Waals surface area contributed by atoms with Gasteiger partial charge in [-0.15, -0.1) is 0 Å². The molecule has 108 valence electrons. The van der Waals surface area contributed by atoms with E-state index in [2.05, 4.69) is 31.7 Å². The average molecular weight is 270 g/mol.